The summed E-state index contributed by atoms with van der Waals surface area (Å²) in [6, 6.07) is 24.0. The normalized spacial score (nSPS) is 14.8. The molecule has 1 fully saturated rings. The van der Waals surface area contributed by atoms with Gasteiger partial charge < -0.3 is 4.74 Å². The van der Waals surface area contributed by atoms with E-state index in [1.807, 2.05) is 30.3 Å². The lowest BCUT2D eigenvalue weighted by Gasteiger charge is -2.14. The van der Waals surface area contributed by atoms with Crippen LogP contribution in [0.2, 0.25) is 0 Å². The van der Waals surface area contributed by atoms with Gasteiger partial charge >= 0.3 is 0 Å². The van der Waals surface area contributed by atoms with Gasteiger partial charge in [-0.1, -0.05) is 72.5 Å². The number of rotatable bonds is 5. The van der Waals surface area contributed by atoms with E-state index in [0.29, 0.717) is 27.3 Å². The maximum atomic E-state index is 13.7. The van der Waals surface area contributed by atoms with Crippen molar-refractivity contribution in [1.29, 1.82) is 0 Å². The maximum absolute atomic E-state index is 13.7. The molecule has 1 saturated heterocycles. The van der Waals surface area contributed by atoms with Crippen LogP contribution < -0.4 is 9.64 Å². The van der Waals surface area contributed by atoms with Crippen molar-refractivity contribution in [2.75, 3.05) is 4.90 Å². The van der Waals surface area contributed by atoms with Crippen LogP contribution in [0.15, 0.2) is 92.7 Å². The molecule has 4 aromatic carbocycles. The minimum Gasteiger partial charge on any atom is -0.487 e. The van der Waals surface area contributed by atoms with E-state index in [-0.39, 0.29) is 5.91 Å². The summed E-state index contributed by atoms with van der Waals surface area (Å²) in [6.07, 6.45) is 1.77. The third kappa shape index (κ3) is 5.07. The summed E-state index contributed by atoms with van der Waals surface area (Å²) in [5.41, 5.74) is 2.29. The number of amides is 1. The number of thiocarbonyl (C=S) groups is 1. The lowest BCUT2D eigenvalue weighted by atomic mass is 10.1. The van der Waals surface area contributed by atoms with Crippen LogP contribution in [0, 0.1) is 5.82 Å². The molecule has 1 heterocycles. The average Bonchev–Trinajstić information content (AvgIpc) is 3.11. The molecule has 174 valence electrons. The number of ether oxygens (including phenoxy) is 1. The third-order valence-electron chi connectivity index (χ3n) is 5.43. The van der Waals surface area contributed by atoms with Crippen LogP contribution >= 0.6 is 55.8 Å². The molecule has 8 heteroatoms. The molecular weight excluding hydrogens is 613 g/mol. The maximum Gasteiger partial charge on any atom is 0.270 e. The van der Waals surface area contributed by atoms with Gasteiger partial charge in [-0.25, -0.2) is 4.39 Å². The highest BCUT2D eigenvalue weighted by atomic mass is 79.9. The zero-order valence-electron chi connectivity index (χ0n) is 18.0. The third-order valence-corrected chi connectivity index (χ3v) is 7.91. The Morgan fingerprint density at radius 2 is 1.69 bits per heavy atom. The Morgan fingerprint density at radius 3 is 2.46 bits per heavy atom. The smallest absolute Gasteiger partial charge is 0.270 e. The number of thioether (sulfide) groups is 1. The second-order valence-corrected chi connectivity index (χ2v) is 11.1. The standard InChI is InChI=1S/C27H16Br2FNO2S2/c28-22-11-16(13-24-26(32)31(27(34)35-24)20-9-4-8-19(30)14-20)12-23(29)25(22)33-15-18-7-3-6-17-5-1-2-10-21(17)18/h1-14H,15H2/b24-13+. The van der Waals surface area contributed by atoms with Gasteiger partial charge in [0.05, 0.1) is 19.5 Å². The Kier molecular flexibility index (Phi) is 7.07. The monoisotopic (exact) mass is 627 g/mol. The SMILES string of the molecule is O=C1/C(=C\c2cc(Br)c(OCc3cccc4ccccc34)c(Br)c2)SC(=S)N1c1cccc(F)c1. The highest BCUT2D eigenvalue weighted by Crippen LogP contribution is 2.39. The van der Waals surface area contributed by atoms with Crippen LogP contribution in [0.1, 0.15) is 11.1 Å². The van der Waals surface area contributed by atoms with E-state index in [1.54, 1.807) is 18.2 Å². The van der Waals surface area contributed by atoms with Gasteiger partial charge in [-0.15, -0.1) is 0 Å². The zero-order chi connectivity index (χ0) is 24.5. The first kappa shape index (κ1) is 24.2. The topological polar surface area (TPSA) is 29.5 Å². The number of nitrogens with zero attached hydrogens (tertiary/aromatic N) is 1. The summed E-state index contributed by atoms with van der Waals surface area (Å²) in [5.74, 6) is -0.0380. The van der Waals surface area contributed by atoms with Crippen LogP contribution in [-0.4, -0.2) is 10.2 Å². The van der Waals surface area contributed by atoms with Gasteiger partial charge in [0.15, 0.2) is 4.32 Å². The van der Waals surface area contributed by atoms with Crippen molar-refractivity contribution < 1.29 is 13.9 Å². The molecule has 3 nitrogen and oxygen atoms in total. The number of anilines is 1. The van der Waals surface area contributed by atoms with E-state index in [0.717, 1.165) is 30.8 Å². The van der Waals surface area contributed by atoms with Crippen molar-refractivity contribution in [3.8, 4) is 5.75 Å². The first-order valence-corrected chi connectivity index (χ1v) is 13.3. The lowest BCUT2D eigenvalue weighted by molar-refractivity contribution is -0.113. The first-order chi connectivity index (χ1) is 16.9. The van der Waals surface area contributed by atoms with Crippen LogP contribution in [0.3, 0.4) is 0 Å². The van der Waals surface area contributed by atoms with Gasteiger partial charge in [0.25, 0.3) is 5.91 Å². The molecule has 0 saturated carbocycles. The molecule has 0 aliphatic carbocycles. The van der Waals surface area contributed by atoms with Crippen molar-refractivity contribution in [3.63, 3.8) is 0 Å². The number of fused-ring (bicyclic) bond motifs is 1. The molecule has 0 radical (unpaired) electrons. The van der Waals surface area contributed by atoms with E-state index in [1.165, 1.54) is 28.8 Å². The Labute approximate surface area is 228 Å². The largest absolute Gasteiger partial charge is 0.487 e. The van der Waals surface area contributed by atoms with Crippen molar-refractivity contribution in [2.45, 2.75) is 6.61 Å². The molecule has 0 spiro atoms. The molecule has 1 aliphatic heterocycles. The quantitative estimate of drug-likeness (QED) is 0.164. The van der Waals surface area contributed by atoms with Gasteiger partial charge in [0.1, 0.15) is 18.2 Å². The minimum atomic E-state index is -0.424. The summed E-state index contributed by atoms with van der Waals surface area (Å²) in [6.45, 7) is 0.407. The van der Waals surface area contributed by atoms with Crippen LogP contribution in [0.4, 0.5) is 10.1 Å². The van der Waals surface area contributed by atoms with E-state index < -0.39 is 5.82 Å². The fourth-order valence-electron chi connectivity index (χ4n) is 3.83. The number of hydrogen-bond acceptors (Lipinski definition) is 4. The Balaban J connectivity index is 1.38. The summed E-state index contributed by atoms with van der Waals surface area (Å²) < 4.78 is 21.7. The number of carbonyl (C=O) groups excluding carboxylic acids is 1. The summed E-state index contributed by atoms with van der Waals surface area (Å²) in [7, 11) is 0. The molecule has 0 aromatic heterocycles. The summed E-state index contributed by atoms with van der Waals surface area (Å²) >= 11 is 13.8. The highest BCUT2D eigenvalue weighted by Gasteiger charge is 2.33. The Bertz CT molecular complexity index is 1490. The lowest BCUT2D eigenvalue weighted by Crippen LogP contribution is -2.27. The minimum absolute atomic E-state index is 0.283. The molecule has 0 bridgehead atoms. The molecule has 4 aromatic rings. The van der Waals surface area contributed by atoms with E-state index in [2.05, 4.69) is 56.1 Å². The van der Waals surface area contributed by atoms with Crippen molar-refractivity contribution in [1.82, 2.24) is 0 Å². The Morgan fingerprint density at radius 1 is 0.971 bits per heavy atom. The highest BCUT2D eigenvalue weighted by molar-refractivity contribution is 9.11. The zero-order valence-corrected chi connectivity index (χ0v) is 22.8. The Hall–Kier alpha value is -2.52. The van der Waals surface area contributed by atoms with Crippen molar-refractivity contribution in [3.05, 3.63) is 110 Å². The molecule has 5 rings (SSSR count). The number of hydrogen-bond donors (Lipinski definition) is 0. The van der Waals surface area contributed by atoms with Gasteiger partial charge in [-0.3, -0.25) is 9.69 Å². The predicted molar refractivity (Wildman–Crippen MR) is 152 cm³/mol. The fourth-order valence-corrected chi connectivity index (χ4v) is 6.58. The summed E-state index contributed by atoms with van der Waals surface area (Å²) in [5, 5.41) is 2.32. The average molecular weight is 629 g/mol. The molecule has 0 atom stereocenters. The van der Waals surface area contributed by atoms with E-state index in [4.69, 9.17) is 17.0 Å². The van der Waals surface area contributed by atoms with Crippen LogP contribution in [0.25, 0.3) is 16.8 Å². The summed E-state index contributed by atoms with van der Waals surface area (Å²) in [4.78, 5) is 14.8. The second-order valence-electron chi connectivity index (χ2n) is 7.74. The van der Waals surface area contributed by atoms with Gasteiger partial charge in [0, 0.05) is 0 Å². The molecular formula is C27H16Br2FNO2S2. The molecule has 1 amide bonds. The fraction of sp³-hybridized carbons (Fsp3) is 0.0370. The number of halogens is 3. The number of carbonyl (C=O) groups is 1. The second kappa shape index (κ2) is 10.2. The van der Waals surface area contributed by atoms with Crippen LogP contribution in [-0.2, 0) is 11.4 Å². The van der Waals surface area contributed by atoms with E-state index in [9.17, 15) is 9.18 Å². The first-order valence-electron chi connectivity index (χ1n) is 10.5. The van der Waals surface area contributed by atoms with Gasteiger partial charge in [0.2, 0.25) is 0 Å². The van der Waals surface area contributed by atoms with Crippen molar-refractivity contribution >= 4 is 88.6 Å². The molecule has 35 heavy (non-hydrogen) atoms. The predicted octanol–water partition coefficient (Wildman–Crippen LogP) is 8.49. The van der Waals surface area contributed by atoms with Gasteiger partial charge in [-0.2, -0.15) is 0 Å². The van der Waals surface area contributed by atoms with Crippen molar-refractivity contribution in [2.24, 2.45) is 0 Å². The molecule has 0 N–H and O–H groups in total. The molecule has 1 aliphatic rings. The molecule has 0 unspecified atom stereocenters. The van der Waals surface area contributed by atoms with E-state index >= 15 is 0 Å². The van der Waals surface area contributed by atoms with Gasteiger partial charge in [-0.05, 0) is 90.2 Å². The van der Waals surface area contributed by atoms with Crippen LogP contribution in [0.5, 0.6) is 5.75 Å². The number of benzene rings is 4.